The number of nitriles is 2. The van der Waals surface area contributed by atoms with Crippen molar-refractivity contribution in [3.8, 4) is 17.9 Å². The van der Waals surface area contributed by atoms with E-state index in [2.05, 4.69) is 24.3 Å². The summed E-state index contributed by atoms with van der Waals surface area (Å²) in [6, 6.07) is 31.9. The van der Waals surface area contributed by atoms with Crippen molar-refractivity contribution >= 4 is 28.3 Å². The lowest BCUT2D eigenvalue weighted by Crippen LogP contribution is -2.44. The molecule has 0 radical (unpaired) electrons. The predicted molar refractivity (Wildman–Crippen MR) is 143 cm³/mol. The summed E-state index contributed by atoms with van der Waals surface area (Å²) in [6.45, 7) is 0. The van der Waals surface area contributed by atoms with Gasteiger partial charge in [0.2, 0.25) is 0 Å². The van der Waals surface area contributed by atoms with Crippen LogP contribution in [0.2, 0.25) is 0 Å². The Kier molecular flexibility index (Phi) is 5.29. The highest BCUT2D eigenvalue weighted by Gasteiger charge is 2.64. The molecule has 0 saturated carbocycles. The number of ketones is 1. The van der Waals surface area contributed by atoms with Crippen LogP contribution >= 0.6 is 0 Å². The van der Waals surface area contributed by atoms with Crippen LogP contribution in [-0.4, -0.2) is 25.0 Å². The van der Waals surface area contributed by atoms with Crippen LogP contribution in [0, 0.1) is 28.1 Å². The number of nitrogens with zero attached hydrogens (tertiary/aromatic N) is 3. The first-order valence-electron chi connectivity index (χ1n) is 12.2. The monoisotopic (exact) mass is 481 g/mol. The van der Waals surface area contributed by atoms with Gasteiger partial charge in [-0.05, 0) is 22.9 Å². The number of benzene rings is 4. The smallest absolute Gasteiger partial charge is 0.185 e. The van der Waals surface area contributed by atoms with E-state index >= 15 is 0 Å². The molecule has 6 rings (SSSR count). The fraction of sp³-hybridized carbons (Fsp3) is 0.156. The van der Waals surface area contributed by atoms with Crippen LogP contribution in [0.1, 0.15) is 27.4 Å². The van der Waals surface area contributed by atoms with Gasteiger partial charge in [0.15, 0.2) is 11.2 Å². The van der Waals surface area contributed by atoms with Gasteiger partial charge in [0.25, 0.3) is 0 Å². The van der Waals surface area contributed by atoms with Crippen LogP contribution < -0.4 is 9.64 Å². The summed E-state index contributed by atoms with van der Waals surface area (Å²) in [4.78, 5) is 16.4. The van der Waals surface area contributed by atoms with E-state index < -0.39 is 23.4 Å². The minimum atomic E-state index is -1.52. The Morgan fingerprint density at radius 1 is 0.892 bits per heavy atom. The third-order valence-corrected chi connectivity index (χ3v) is 7.71. The van der Waals surface area contributed by atoms with Gasteiger partial charge in [0, 0.05) is 28.3 Å². The maximum absolute atomic E-state index is 14.4. The molecule has 0 bridgehead atoms. The quantitative estimate of drug-likeness (QED) is 0.328. The lowest BCUT2D eigenvalue weighted by molar-refractivity contribution is 0.0950. The number of carbonyl (C=O) groups is 1. The van der Waals surface area contributed by atoms with Crippen molar-refractivity contribution in [2.24, 2.45) is 5.41 Å². The zero-order valence-electron chi connectivity index (χ0n) is 20.2. The Morgan fingerprint density at radius 2 is 1.59 bits per heavy atom. The number of ether oxygens (including phenoxy) is 1. The molecule has 0 aliphatic carbocycles. The normalized spacial score (nSPS) is 20.9. The SMILES string of the molecule is COc1ccccc1[C@H]1[C@H](C(=O)c2ccccc2)N2c3ccc4ccccc4c3C=C[C@H]2C1(C#N)C#N. The number of Topliss-reactive ketones (excluding diaryl/α,β-unsaturated/α-hetero) is 1. The van der Waals surface area contributed by atoms with Gasteiger partial charge in [-0.1, -0.05) is 91.0 Å². The Morgan fingerprint density at radius 3 is 2.35 bits per heavy atom. The van der Waals surface area contributed by atoms with Crippen LogP contribution in [0.3, 0.4) is 0 Å². The number of para-hydroxylation sites is 1. The van der Waals surface area contributed by atoms with Crippen molar-refractivity contribution in [1.82, 2.24) is 0 Å². The van der Waals surface area contributed by atoms with Crippen molar-refractivity contribution < 1.29 is 9.53 Å². The summed E-state index contributed by atoms with van der Waals surface area (Å²) in [7, 11) is 1.57. The first-order valence-corrected chi connectivity index (χ1v) is 12.2. The van der Waals surface area contributed by atoms with Crippen LogP contribution in [0.5, 0.6) is 5.75 Å². The number of hydrogen-bond acceptors (Lipinski definition) is 5. The molecule has 3 atom stereocenters. The number of anilines is 1. The molecule has 0 spiro atoms. The molecule has 5 nitrogen and oxygen atoms in total. The van der Waals surface area contributed by atoms with Crippen LogP contribution in [0.4, 0.5) is 5.69 Å². The molecule has 2 aliphatic heterocycles. The maximum atomic E-state index is 14.4. The molecule has 2 heterocycles. The highest BCUT2D eigenvalue weighted by molar-refractivity contribution is 6.06. The standard InChI is InChI=1S/C32H23N3O2/c1-37-27-14-8-7-13-25(27)29-30(31(36)22-10-3-2-4-11-22)35-26-17-15-21-9-5-6-12-23(21)24(26)16-18-28(35)32(29,19-33)20-34/h2-18,28-30H,1H3/t28-,29-,30+/m0/s1. The number of carbonyl (C=O) groups excluding carboxylic acids is 1. The third-order valence-electron chi connectivity index (χ3n) is 7.71. The highest BCUT2D eigenvalue weighted by Crippen LogP contribution is 2.57. The summed E-state index contributed by atoms with van der Waals surface area (Å²) < 4.78 is 5.69. The van der Waals surface area contributed by atoms with Crippen molar-refractivity contribution in [3.63, 3.8) is 0 Å². The molecule has 2 aliphatic rings. The van der Waals surface area contributed by atoms with E-state index in [1.165, 1.54) is 0 Å². The molecule has 0 N–H and O–H groups in total. The van der Waals surface area contributed by atoms with Crippen molar-refractivity contribution in [1.29, 1.82) is 10.5 Å². The van der Waals surface area contributed by atoms with E-state index in [1.54, 1.807) is 19.2 Å². The molecule has 0 amide bonds. The van der Waals surface area contributed by atoms with Crippen LogP contribution in [0.15, 0.2) is 97.1 Å². The van der Waals surface area contributed by atoms with Gasteiger partial charge in [0.1, 0.15) is 11.8 Å². The lowest BCUT2D eigenvalue weighted by atomic mass is 9.69. The number of fused-ring (bicyclic) bond motifs is 5. The van der Waals surface area contributed by atoms with E-state index in [0.717, 1.165) is 22.0 Å². The van der Waals surface area contributed by atoms with Crippen LogP contribution in [0.25, 0.3) is 16.8 Å². The molecule has 1 fully saturated rings. The molecule has 178 valence electrons. The zero-order valence-corrected chi connectivity index (χ0v) is 20.2. The van der Waals surface area contributed by atoms with Gasteiger partial charge in [-0.25, -0.2) is 0 Å². The Bertz CT molecular complexity index is 1630. The summed E-state index contributed by atoms with van der Waals surface area (Å²) in [5.74, 6) is -0.336. The van der Waals surface area contributed by atoms with E-state index in [-0.39, 0.29) is 5.78 Å². The Balaban J connectivity index is 1.67. The van der Waals surface area contributed by atoms with Crippen molar-refractivity contribution in [2.75, 3.05) is 12.0 Å². The Hall–Kier alpha value is -4.87. The molecule has 4 aromatic carbocycles. The predicted octanol–water partition coefficient (Wildman–Crippen LogP) is 6.13. The number of hydrogen-bond donors (Lipinski definition) is 0. The van der Waals surface area contributed by atoms with E-state index in [0.29, 0.717) is 16.9 Å². The minimum absolute atomic E-state index is 0.136. The molecule has 0 unspecified atom stereocenters. The van der Waals surface area contributed by atoms with Gasteiger partial charge in [-0.15, -0.1) is 0 Å². The molecule has 37 heavy (non-hydrogen) atoms. The fourth-order valence-corrected chi connectivity index (χ4v) is 6.09. The average molecular weight is 482 g/mol. The minimum Gasteiger partial charge on any atom is -0.496 e. The molecular weight excluding hydrogens is 458 g/mol. The lowest BCUT2D eigenvalue weighted by Gasteiger charge is -2.36. The average Bonchev–Trinajstić information content (AvgIpc) is 3.27. The molecular formula is C32H23N3O2. The van der Waals surface area contributed by atoms with Gasteiger partial charge < -0.3 is 9.64 Å². The molecule has 0 aromatic heterocycles. The summed E-state index contributed by atoms with van der Waals surface area (Å²) in [5, 5.41) is 23.5. The number of rotatable bonds is 4. The maximum Gasteiger partial charge on any atom is 0.185 e. The summed E-state index contributed by atoms with van der Waals surface area (Å²) >= 11 is 0. The second kappa shape index (κ2) is 8.66. The van der Waals surface area contributed by atoms with E-state index in [1.807, 2.05) is 83.8 Å². The summed E-state index contributed by atoms with van der Waals surface area (Å²) in [5.41, 5.74) is 1.50. The number of methoxy groups -OCH3 is 1. The van der Waals surface area contributed by atoms with Gasteiger partial charge >= 0.3 is 0 Å². The van der Waals surface area contributed by atoms with E-state index in [4.69, 9.17) is 4.74 Å². The Labute approximate surface area is 215 Å². The second-order valence-corrected chi connectivity index (χ2v) is 9.42. The van der Waals surface area contributed by atoms with Crippen molar-refractivity contribution in [2.45, 2.75) is 18.0 Å². The van der Waals surface area contributed by atoms with Gasteiger partial charge in [-0.2, -0.15) is 10.5 Å². The van der Waals surface area contributed by atoms with Crippen LogP contribution in [-0.2, 0) is 0 Å². The zero-order chi connectivity index (χ0) is 25.6. The second-order valence-electron chi connectivity index (χ2n) is 9.42. The third kappa shape index (κ3) is 3.18. The molecule has 5 heteroatoms. The first kappa shape index (κ1) is 22.6. The summed E-state index contributed by atoms with van der Waals surface area (Å²) in [6.07, 6.45) is 3.92. The largest absolute Gasteiger partial charge is 0.496 e. The molecule has 4 aromatic rings. The fourth-order valence-electron chi connectivity index (χ4n) is 6.09. The van der Waals surface area contributed by atoms with Crippen molar-refractivity contribution in [3.05, 3.63) is 114 Å². The molecule has 1 saturated heterocycles. The highest BCUT2D eigenvalue weighted by atomic mass is 16.5. The van der Waals surface area contributed by atoms with Gasteiger partial charge in [0.05, 0.1) is 25.3 Å². The van der Waals surface area contributed by atoms with Gasteiger partial charge in [-0.3, -0.25) is 4.79 Å². The topological polar surface area (TPSA) is 77.1 Å². The van der Waals surface area contributed by atoms with E-state index in [9.17, 15) is 15.3 Å². The first-order chi connectivity index (χ1) is 18.1.